The highest BCUT2D eigenvalue weighted by molar-refractivity contribution is 5.98. The predicted molar refractivity (Wildman–Crippen MR) is 117 cm³/mol. The molecule has 0 unspecified atom stereocenters. The average Bonchev–Trinajstić information content (AvgIpc) is 3.44. The monoisotopic (exact) mass is 422 g/mol. The van der Waals surface area contributed by atoms with Gasteiger partial charge in [-0.05, 0) is 49.1 Å². The Kier molecular flexibility index (Phi) is 5.57. The number of non-ortho nitro benzene ring substituents is 1. The molecule has 1 N–H and O–H groups in total. The van der Waals surface area contributed by atoms with Crippen LogP contribution in [0.1, 0.15) is 34.5 Å². The summed E-state index contributed by atoms with van der Waals surface area (Å²) in [6.07, 6.45) is 4.01. The van der Waals surface area contributed by atoms with Crippen LogP contribution in [0, 0.1) is 17.0 Å². The number of anilines is 1. The summed E-state index contributed by atoms with van der Waals surface area (Å²) < 4.78 is 10.7. The second kappa shape index (κ2) is 8.47. The van der Waals surface area contributed by atoms with E-state index < -0.39 is 10.8 Å². The molecule has 3 aromatic rings. The molecule has 160 valence electrons. The second-order valence-corrected chi connectivity index (χ2v) is 7.37. The van der Waals surface area contributed by atoms with Crippen LogP contribution >= 0.6 is 0 Å². The summed E-state index contributed by atoms with van der Waals surface area (Å²) in [6.45, 7) is 4.16. The minimum absolute atomic E-state index is 0.0212. The summed E-state index contributed by atoms with van der Waals surface area (Å²) in [5.74, 6) is -0.406. The largest absolute Gasteiger partial charge is 0.493 e. The number of amides is 1. The Balaban J connectivity index is 1.49. The number of hydrogen-bond donors (Lipinski definition) is 1. The van der Waals surface area contributed by atoms with Crippen LogP contribution < -0.4 is 15.1 Å². The number of aryl methyl sites for hydroxylation is 1. The molecule has 1 fully saturated rings. The van der Waals surface area contributed by atoms with Crippen LogP contribution in [0.15, 0.2) is 45.9 Å². The van der Waals surface area contributed by atoms with E-state index in [1.165, 1.54) is 43.8 Å². The first-order valence-corrected chi connectivity index (χ1v) is 9.91. The predicted octanol–water partition coefficient (Wildman–Crippen LogP) is 4.02. The lowest BCUT2D eigenvalue weighted by molar-refractivity contribution is -0.384. The fraction of sp³-hybridized carbons (Fsp3) is 0.273. The van der Waals surface area contributed by atoms with E-state index in [0.29, 0.717) is 5.39 Å². The van der Waals surface area contributed by atoms with Crippen LogP contribution in [0.25, 0.3) is 11.0 Å². The molecule has 0 spiro atoms. The van der Waals surface area contributed by atoms with Crippen LogP contribution in [0.4, 0.5) is 11.4 Å². The number of hydrazone groups is 1. The summed E-state index contributed by atoms with van der Waals surface area (Å²) in [5.41, 5.74) is 5.69. The maximum atomic E-state index is 12.4. The maximum Gasteiger partial charge on any atom is 0.307 e. The van der Waals surface area contributed by atoms with Crippen molar-refractivity contribution >= 4 is 34.5 Å². The molecule has 2 heterocycles. The van der Waals surface area contributed by atoms with Gasteiger partial charge in [0.2, 0.25) is 0 Å². The molecular formula is C22H22N4O5. The summed E-state index contributed by atoms with van der Waals surface area (Å²) in [5, 5.41) is 15.5. The first-order chi connectivity index (χ1) is 15.0. The number of furan rings is 1. The minimum atomic E-state index is -0.566. The number of carbonyl (C=O) groups excluding carboxylic acids is 1. The number of hydrogen-bond acceptors (Lipinski definition) is 7. The smallest absolute Gasteiger partial charge is 0.307 e. The van der Waals surface area contributed by atoms with Gasteiger partial charge in [-0.15, -0.1) is 0 Å². The van der Waals surface area contributed by atoms with Crippen LogP contribution in [-0.4, -0.2) is 37.2 Å². The minimum Gasteiger partial charge on any atom is -0.493 e. The molecule has 0 saturated carbocycles. The van der Waals surface area contributed by atoms with Crippen molar-refractivity contribution in [2.24, 2.45) is 5.10 Å². The molecule has 2 aromatic carbocycles. The van der Waals surface area contributed by atoms with Gasteiger partial charge in [-0.2, -0.15) is 5.10 Å². The highest BCUT2D eigenvalue weighted by atomic mass is 16.6. The van der Waals surface area contributed by atoms with Crippen LogP contribution in [0.3, 0.4) is 0 Å². The highest BCUT2D eigenvalue weighted by Gasteiger charge is 2.19. The van der Waals surface area contributed by atoms with Gasteiger partial charge in [0.15, 0.2) is 17.1 Å². The fourth-order valence-electron chi connectivity index (χ4n) is 3.67. The molecule has 1 saturated heterocycles. The normalized spacial score (nSPS) is 13.8. The van der Waals surface area contributed by atoms with Crippen molar-refractivity contribution in [3.63, 3.8) is 0 Å². The molecule has 0 atom stereocenters. The number of benzene rings is 2. The zero-order valence-electron chi connectivity index (χ0n) is 17.3. The van der Waals surface area contributed by atoms with Gasteiger partial charge in [0.25, 0.3) is 5.69 Å². The number of carbonyl (C=O) groups is 1. The SMILES string of the molecule is COc1cc([N+](=O)[O-])cc2cc(C(=O)N/N=C\c3ccc(N4CCCC4)cc3C)oc12. The van der Waals surface area contributed by atoms with E-state index in [1.807, 2.05) is 13.0 Å². The van der Waals surface area contributed by atoms with Crippen molar-refractivity contribution in [3.8, 4) is 5.75 Å². The Labute approximate surface area is 178 Å². The number of nitro groups is 1. The van der Waals surface area contributed by atoms with E-state index in [9.17, 15) is 14.9 Å². The Morgan fingerprint density at radius 3 is 2.71 bits per heavy atom. The first kappa shape index (κ1) is 20.4. The number of ether oxygens (including phenoxy) is 1. The number of methoxy groups -OCH3 is 1. The molecule has 0 bridgehead atoms. The number of rotatable bonds is 6. The molecule has 1 amide bonds. The number of fused-ring (bicyclic) bond motifs is 1. The molecule has 1 aromatic heterocycles. The molecule has 0 radical (unpaired) electrons. The Morgan fingerprint density at radius 1 is 1.26 bits per heavy atom. The molecule has 9 nitrogen and oxygen atoms in total. The molecule has 1 aliphatic rings. The fourth-order valence-corrected chi connectivity index (χ4v) is 3.67. The molecule has 0 aliphatic carbocycles. The molecule has 1 aliphatic heterocycles. The third-order valence-electron chi connectivity index (χ3n) is 5.32. The summed E-state index contributed by atoms with van der Waals surface area (Å²) in [7, 11) is 1.38. The summed E-state index contributed by atoms with van der Waals surface area (Å²) >= 11 is 0. The first-order valence-electron chi connectivity index (χ1n) is 9.91. The zero-order chi connectivity index (χ0) is 22.0. The van der Waals surface area contributed by atoms with E-state index in [0.717, 1.165) is 24.2 Å². The quantitative estimate of drug-likeness (QED) is 0.365. The standard InChI is InChI=1S/C22H22N4O5/c1-14-9-17(25-7-3-4-8-25)6-5-15(14)13-23-24-22(27)20-11-16-10-18(26(28)29)12-19(30-2)21(16)31-20/h5-6,9-13H,3-4,7-8H2,1-2H3,(H,24,27)/b23-13-. The van der Waals surface area contributed by atoms with Crippen LogP contribution in [-0.2, 0) is 0 Å². The molecule has 4 rings (SSSR count). The van der Waals surface area contributed by atoms with Gasteiger partial charge >= 0.3 is 5.91 Å². The number of nitrogens with zero attached hydrogens (tertiary/aromatic N) is 3. The number of nitrogens with one attached hydrogen (secondary N) is 1. The van der Waals surface area contributed by atoms with Crippen molar-refractivity contribution < 1.29 is 18.9 Å². The third-order valence-corrected chi connectivity index (χ3v) is 5.32. The Bertz CT molecular complexity index is 1180. The lowest BCUT2D eigenvalue weighted by Gasteiger charge is -2.18. The molecule has 31 heavy (non-hydrogen) atoms. The highest BCUT2D eigenvalue weighted by Crippen LogP contribution is 2.33. The van der Waals surface area contributed by atoms with Crippen molar-refractivity contribution in [2.75, 3.05) is 25.1 Å². The van der Waals surface area contributed by atoms with E-state index >= 15 is 0 Å². The van der Waals surface area contributed by atoms with Crippen molar-refractivity contribution in [2.45, 2.75) is 19.8 Å². The van der Waals surface area contributed by atoms with Crippen LogP contribution in [0.2, 0.25) is 0 Å². The van der Waals surface area contributed by atoms with Gasteiger partial charge in [-0.25, -0.2) is 5.43 Å². The van der Waals surface area contributed by atoms with Gasteiger partial charge in [0.1, 0.15) is 0 Å². The Morgan fingerprint density at radius 2 is 2.03 bits per heavy atom. The molecule has 9 heteroatoms. The van der Waals surface area contributed by atoms with Crippen molar-refractivity contribution in [1.82, 2.24) is 5.43 Å². The van der Waals surface area contributed by atoms with Crippen molar-refractivity contribution in [1.29, 1.82) is 0 Å². The topological polar surface area (TPSA) is 110 Å². The van der Waals surface area contributed by atoms with E-state index in [1.54, 1.807) is 6.21 Å². The average molecular weight is 422 g/mol. The number of nitro benzene ring substituents is 1. The second-order valence-electron chi connectivity index (χ2n) is 7.37. The lowest BCUT2D eigenvalue weighted by atomic mass is 10.1. The van der Waals surface area contributed by atoms with E-state index in [-0.39, 0.29) is 22.8 Å². The van der Waals surface area contributed by atoms with Gasteiger partial charge in [-0.3, -0.25) is 14.9 Å². The van der Waals surface area contributed by atoms with E-state index in [4.69, 9.17) is 9.15 Å². The molecular weight excluding hydrogens is 400 g/mol. The Hall–Kier alpha value is -3.88. The van der Waals surface area contributed by atoms with Crippen molar-refractivity contribution in [3.05, 3.63) is 63.4 Å². The third kappa shape index (κ3) is 4.20. The van der Waals surface area contributed by atoms with E-state index in [2.05, 4.69) is 27.6 Å². The van der Waals surface area contributed by atoms with Crippen LogP contribution in [0.5, 0.6) is 5.75 Å². The zero-order valence-corrected chi connectivity index (χ0v) is 17.3. The van der Waals surface area contributed by atoms with Gasteiger partial charge < -0.3 is 14.1 Å². The summed E-state index contributed by atoms with van der Waals surface area (Å²) in [4.78, 5) is 25.3. The van der Waals surface area contributed by atoms with Gasteiger partial charge in [0, 0.05) is 30.2 Å². The van der Waals surface area contributed by atoms with Gasteiger partial charge in [-0.1, -0.05) is 6.07 Å². The summed E-state index contributed by atoms with van der Waals surface area (Å²) in [6, 6.07) is 10.1. The van der Waals surface area contributed by atoms with Gasteiger partial charge in [0.05, 0.1) is 24.3 Å². The lowest BCUT2D eigenvalue weighted by Crippen LogP contribution is -2.18. The maximum absolute atomic E-state index is 12.4.